The fourth-order valence-corrected chi connectivity index (χ4v) is 4.41. The van der Waals surface area contributed by atoms with E-state index in [1.807, 2.05) is 48.5 Å². The highest BCUT2D eigenvalue weighted by molar-refractivity contribution is 6.07. The summed E-state index contributed by atoms with van der Waals surface area (Å²) in [6.45, 7) is 0. The molecule has 0 atom stereocenters. The van der Waals surface area contributed by atoms with Crippen LogP contribution in [0.2, 0.25) is 0 Å². The maximum Gasteiger partial charge on any atom is 0.246 e. The Bertz CT molecular complexity index is 1370. The van der Waals surface area contributed by atoms with Crippen molar-refractivity contribution in [3.8, 4) is 22.9 Å². The molecule has 1 aromatic heterocycles. The van der Waals surface area contributed by atoms with Gasteiger partial charge in [-0.25, -0.2) is 0 Å². The Hall–Kier alpha value is -3.72. The van der Waals surface area contributed by atoms with E-state index < -0.39 is 0 Å². The average Bonchev–Trinajstić information content (AvgIpc) is 3.20. The standard InChI is InChI=1S/C26H18N2O/c1-2-8-19(9-3-1)29-26-23-11-5-4-10-21(23)25(27-28-26)22-16-15-18-14-13-17-7-6-12-20(22)24(17)18/h1-12,15-16H,13-14H2. The number of aryl methyl sites for hydroxylation is 2. The molecule has 29 heavy (non-hydrogen) atoms. The van der Waals surface area contributed by atoms with Gasteiger partial charge in [-0.05, 0) is 52.9 Å². The number of fused-ring (bicyclic) bond motifs is 1. The Kier molecular flexibility index (Phi) is 3.60. The van der Waals surface area contributed by atoms with E-state index in [2.05, 4.69) is 46.6 Å². The van der Waals surface area contributed by atoms with Crippen LogP contribution >= 0.6 is 0 Å². The minimum Gasteiger partial charge on any atom is -0.437 e. The Labute approximate surface area is 168 Å². The lowest BCUT2D eigenvalue weighted by Crippen LogP contribution is -1.96. The Morgan fingerprint density at radius 2 is 1.31 bits per heavy atom. The van der Waals surface area contributed by atoms with Crippen molar-refractivity contribution in [2.45, 2.75) is 12.8 Å². The molecule has 0 amide bonds. The maximum absolute atomic E-state index is 6.04. The summed E-state index contributed by atoms with van der Waals surface area (Å²) in [4.78, 5) is 0. The molecule has 3 heteroatoms. The molecule has 3 nitrogen and oxygen atoms in total. The van der Waals surface area contributed by atoms with Crippen molar-refractivity contribution in [3.05, 3.63) is 96.1 Å². The zero-order valence-corrected chi connectivity index (χ0v) is 15.8. The van der Waals surface area contributed by atoms with E-state index >= 15 is 0 Å². The molecule has 4 aromatic carbocycles. The summed E-state index contributed by atoms with van der Waals surface area (Å²) < 4.78 is 6.04. The quantitative estimate of drug-likeness (QED) is 0.369. The van der Waals surface area contributed by atoms with Crippen molar-refractivity contribution in [3.63, 3.8) is 0 Å². The summed E-state index contributed by atoms with van der Waals surface area (Å²) in [6.07, 6.45) is 2.23. The first-order chi connectivity index (χ1) is 14.4. The molecule has 0 bridgehead atoms. The monoisotopic (exact) mass is 374 g/mol. The van der Waals surface area contributed by atoms with Gasteiger partial charge in [0.05, 0.1) is 0 Å². The fraction of sp³-hybridized carbons (Fsp3) is 0.0769. The first kappa shape index (κ1) is 16.3. The van der Waals surface area contributed by atoms with Crippen LogP contribution in [-0.2, 0) is 12.8 Å². The van der Waals surface area contributed by atoms with E-state index in [4.69, 9.17) is 4.74 Å². The molecule has 0 N–H and O–H groups in total. The summed E-state index contributed by atoms with van der Waals surface area (Å²) in [5, 5.41) is 13.8. The molecule has 5 aromatic rings. The van der Waals surface area contributed by atoms with Gasteiger partial charge in [0, 0.05) is 16.3 Å². The normalized spacial score (nSPS) is 12.6. The molecule has 1 aliphatic carbocycles. The molecule has 1 heterocycles. The van der Waals surface area contributed by atoms with Crippen LogP contribution in [0.5, 0.6) is 11.6 Å². The first-order valence-electron chi connectivity index (χ1n) is 9.91. The number of aromatic nitrogens is 2. The van der Waals surface area contributed by atoms with Gasteiger partial charge in [0.25, 0.3) is 0 Å². The van der Waals surface area contributed by atoms with Crippen LogP contribution in [-0.4, -0.2) is 10.2 Å². The van der Waals surface area contributed by atoms with Gasteiger partial charge in [-0.2, -0.15) is 0 Å². The lowest BCUT2D eigenvalue weighted by Gasteiger charge is -2.13. The van der Waals surface area contributed by atoms with Crippen LogP contribution < -0.4 is 4.74 Å². The number of para-hydroxylation sites is 1. The van der Waals surface area contributed by atoms with Gasteiger partial charge in [0.1, 0.15) is 11.4 Å². The molecular weight excluding hydrogens is 356 g/mol. The summed E-state index contributed by atoms with van der Waals surface area (Å²) >= 11 is 0. The first-order valence-corrected chi connectivity index (χ1v) is 9.91. The molecule has 0 radical (unpaired) electrons. The van der Waals surface area contributed by atoms with Gasteiger partial charge in [-0.1, -0.05) is 66.7 Å². The number of nitrogens with zero attached hydrogens (tertiary/aromatic N) is 2. The van der Waals surface area contributed by atoms with Crippen molar-refractivity contribution in [1.82, 2.24) is 10.2 Å². The van der Waals surface area contributed by atoms with Gasteiger partial charge in [0.2, 0.25) is 5.88 Å². The summed E-state index contributed by atoms with van der Waals surface area (Å²) in [6, 6.07) is 29.0. The molecular formula is C26H18N2O. The molecule has 6 rings (SSSR count). The second-order valence-corrected chi connectivity index (χ2v) is 7.43. The number of hydrogen-bond acceptors (Lipinski definition) is 3. The predicted molar refractivity (Wildman–Crippen MR) is 116 cm³/mol. The summed E-state index contributed by atoms with van der Waals surface area (Å²) in [7, 11) is 0. The topological polar surface area (TPSA) is 35.0 Å². The van der Waals surface area contributed by atoms with Gasteiger partial charge in [-0.3, -0.25) is 0 Å². The molecule has 0 unspecified atom stereocenters. The van der Waals surface area contributed by atoms with Gasteiger partial charge in [-0.15, -0.1) is 10.2 Å². The average molecular weight is 374 g/mol. The highest BCUT2D eigenvalue weighted by atomic mass is 16.5. The lowest BCUT2D eigenvalue weighted by molar-refractivity contribution is 0.462. The van der Waals surface area contributed by atoms with Crippen molar-refractivity contribution in [1.29, 1.82) is 0 Å². The zero-order valence-electron chi connectivity index (χ0n) is 15.8. The lowest BCUT2D eigenvalue weighted by atomic mass is 9.96. The summed E-state index contributed by atoms with van der Waals surface area (Å²) in [5.41, 5.74) is 4.89. The van der Waals surface area contributed by atoms with E-state index in [9.17, 15) is 0 Å². The number of ether oxygens (including phenoxy) is 1. The number of rotatable bonds is 3. The smallest absolute Gasteiger partial charge is 0.246 e. The Morgan fingerprint density at radius 3 is 2.17 bits per heavy atom. The van der Waals surface area contributed by atoms with Crippen LogP contribution in [0.1, 0.15) is 11.1 Å². The molecule has 0 fully saturated rings. The molecule has 138 valence electrons. The highest BCUT2D eigenvalue weighted by Crippen LogP contribution is 2.39. The van der Waals surface area contributed by atoms with Crippen LogP contribution in [0, 0.1) is 0 Å². The number of hydrogen-bond donors (Lipinski definition) is 0. The molecule has 0 spiro atoms. The van der Waals surface area contributed by atoms with Crippen LogP contribution in [0.15, 0.2) is 84.9 Å². The van der Waals surface area contributed by atoms with Crippen molar-refractivity contribution in [2.75, 3.05) is 0 Å². The van der Waals surface area contributed by atoms with Crippen LogP contribution in [0.25, 0.3) is 32.8 Å². The van der Waals surface area contributed by atoms with Crippen molar-refractivity contribution in [2.24, 2.45) is 0 Å². The van der Waals surface area contributed by atoms with E-state index in [0.29, 0.717) is 5.88 Å². The van der Waals surface area contributed by atoms with Crippen molar-refractivity contribution < 1.29 is 4.74 Å². The van der Waals surface area contributed by atoms with Gasteiger partial charge in [0.15, 0.2) is 0 Å². The Morgan fingerprint density at radius 1 is 0.586 bits per heavy atom. The predicted octanol–water partition coefficient (Wildman–Crippen LogP) is 6.34. The summed E-state index contributed by atoms with van der Waals surface area (Å²) in [5.74, 6) is 1.28. The van der Waals surface area contributed by atoms with E-state index in [0.717, 1.165) is 40.6 Å². The second-order valence-electron chi connectivity index (χ2n) is 7.43. The highest BCUT2D eigenvalue weighted by Gasteiger charge is 2.19. The van der Waals surface area contributed by atoms with Gasteiger partial charge >= 0.3 is 0 Å². The minimum atomic E-state index is 0.529. The second kappa shape index (κ2) is 6.42. The van der Waals surface area contributed by atoms with Crippen molar-refractivity contribution >= 4 is 21.5 Å². The molecule has 1 aliphatic rings. The Balaban J connectivity index is 1.57. The maximum atomic E-state index is 6.04. The largest absolute Gasteiger partial charge is 0.437 e. The third-order valence-corrected chi connectivity index (χ3v) is 5.74. The number of benzene rings is 4. The van der Waals surface area contributed by atoms with Crippen LogP contribution in [0.3, 0.4) is 0 Å². The van der Waals surface area contributed by atoms with E-state index in [1.165, 1.54) is 21.9 Å². The zero-order chi connectivity index (χ0) is 19.2. The SMILES string of the molecule is c1ccc(Oc2nnc(-c3ccc4c5c(cccc35)CC4)c3ccccc23)cc1. The van der Waals surface area contributed by atoms with Crippen LogP contribution in [0.4, 0.5) is 0 Å². The molecule has 0 saturated heterocycles. The minimum absolute atomic E-state index is 0.529. The fourth-order valence-electron chi connectivity index (χ4n) is 4.41. The van der Waals surface area contributed by atoms with Gasteiger partial charge < -0.3 is 4.74 Å². The molecule has 0 saturated carbocycles. The van der Waals surface area contributed by atoms with E-state index in [1.54, 1.807) is 0 Å². The third-order valence-electron chi connectivity index (χ3n) is 5.74. The van der Waals surface area contributed by atoms with E-state index in [-0.39, 0.29) is 0 Å². The molecule has 0 aliphatic heterocycles. The third kappa shape index (κ3) is 2.59.